The van der Waals surface area contributed by atoms with Gasteiger partial charge in [-0.05, 0) is 35.9 Å². The second-order valence-corrected chi connectivity index (χ2v) is 8.50. The van der Waals surface area contributed by atoms with E-state index >= 15 is 0 Å². The van der Waals surface area contributed by atoms with E-state index in [-0.39, 0.29) is 29.9 Å². The molecular weight excluding hydrogens is 426 g/mol. The van der Waals surface area contributed by atoms with Gasteiger partial charge in [0.25, 0.3) is 11.5 Å². The quantitative estimate of drug-likeness (QED) is 0.442. The summed E-state index contributed by atoms with van der Waals surface area (Å²) in [5.41, 5.74) is 1.95. The van der Waals surface area contributed by atoms with Crippen LogP contribution in [0.2, 0.25) is 0 Å². The van der Waals surface area contributed by atoms with Crippen LogP contribution >= 0.6 is 11.3 Å². The average Bonchev–Trinajstić information content (AvgIpc) is 3.43. The number of amides is 1. The number of thiophene rings is 1. The molecule has 0 saturated carbocycles. The Kier molecular flexibility index (Phi) is 6.18. The molecule has 0 aliphatic carbocycles. The van der Waals surface area contributed by atoms with E-state index < -0.39 is 0 Å². The molecule has 4 aromatic rings. The summed E-state index contributed by atoms with van der Waals surface area (Å²) in [6.45, 7) is 5.66. The number of ether oxygens (including phenoxy) is 1. The van der Waals surface area contributed by atoms with Gasteiger partial charge < -0.3 is 10.1 Å². The monoisotopic (exact) mass is 449 g/mol. The smallest absolute Gasteiger partial charge is 0.263 e. The maximum Gasteiger partial charge on any atom is 0.263 e. The Hall–Kier alpha value is -3.72. The fraction of sp³-hybridized carbons (Fsp3) is 0.217. The molecule has 0 bridgehead atoms. The molecule has 1 aromatic carbocycles. The highest BCUT2D eigenvalue weighted by Gasteiger charge is 2.17. The molecule has 2 N–H and O–H groups in total. The first-order valence-electron chi connectivity index (χ1n) is 10.1. The number of hydrogen-bond donors (Lipinski definition) is 2. The zero-order valence-corrected chi connectivity index (χ0v) is 18.8. The number of benzene rings is 1. The van der Waals surface area contributed by atoms with E-state index in [9.17, 15) is 9.59 Å². The van der Waals surface area contributed by atoms with Crippen LogP contribution in [0.3, 0.4) is 0 Å². The molecular formula is C23H23N5O3S. The number of H-pyrrole nitrogens is 1. The normalized spacial score (nSPS) is 11.0. The molecule has 4 rings (SSSR count). The van der Waals surface area contributed by atoms with E-state index in [0.29, 0.717) is 23.0 Å². The molecule has 32 heavy (non-hydrogen) atoms. The molecule has 1 amide bonds. The van der Waals surface area contributed by atoms with E-state index in [1.54, 1.807) is 6.07 Å². The predicted octanol–water partition coefficient (Wildman–Crippen LogP) is 4.13. The molecule has 0 radical (unpaired) electrons. The minimum absolute atomic E-state index is 0.0592. The van der Waals surface area contributed by atoms with Crippen LogP contribution in [0.1, 0.15) is 31.0 Å². The maximum absolute atomic E-state index is 12.7. The number of carbonyl (C=O) groups excluding carboxylic acids is 1. The van der Waals surface area contributed by atoms with Gasteiger partial charge in [0.1, 0.15) is 17.3 Å². The summed E-state index contributed by atoms with van der Waals surface area (Å²) in [4.78, 5) is 33.0. The molecule has 0 spiro atoms. The lowest BCUT2D eigenvalue weighted by atomic mass is 10.1. The van der Waals surface area contributed by atoms with E-state index in [0.717, 1.165) is 10.4 Å². The van der Waals surface area contributed by atoms with Crippen LogP contribution in [0.15, 0.2) is 58.7 Å². The summed E-state index contributed by atoms with van der Waals surface area (Å²) < 4.78 is 7.09. The molecule has 8 nitrogen and oxygen atoms in total. The zero-order chi connectivity index (χ0) is 22.7. The number of aromatic amines is 1. The predicted molar refractivity (Wildman–Crippen MR) is 125 cm³/mol. The SMILES string of the molecule is Cc1ccccc1OCC(=O)Nc1cc(-c2cccs2)nn1-c1nc(C(C)C)cc(=O)[nH]1. The van der Waals surface area contributed by atoms with Gasteiger partial charge in [0.2, 0.25) is 5.95 Å². The lowest BCUT2D eigenvalue weighted by Crippen LogP contribution is -2.23. The second kappa shape index (κ2) is 9.19. The van der Waals surface area contributed by atoms with Gasteiger partial charge >= 0.3 is 0 Å². The number of aryl methyl sites for hydroxylation is 1. The van der Waals surface area contributed by atoms with Gasteiger partial charge in [0.05, 0.1) is 10.6 Å². The van der Waals surface area contributed by atoms with Crippen LogP contribution in [0.25, 0.3) is 16.5 Å². The summed E-state index contributed by atoms with van der Waals surface area (Å²) in [6, 6.07) is 14.6. The Morgan fingerprint density at radius 1 is 1.22 bits per heavy atom. The summed E-state index contributed by atoms with van der Waals surface area (Å²) >= 11 is 1.53. The number of aromatic nitrogens is 4. The second-order valence-electron chi connectivity index (χ2n) is 7.55. The third-order valence-corrected chi connectivity index (χ3v) is 5.64. The molecule has 0 aliphatic rings. The van der Waals surface area contributed by atoms with Gasteiger partial charge in [-0.25, -0.2) is 4.98 Å². The number of hydrogen-bond acceptors (Lipinski definition) is 6. The van der Waals surface area contributed by atoms with Crippen molar-refractivity contribution in [2.75, 3.05) is 11.9 Å². The van der Waals surface area contributed by atoms with E-state index in [1.165, 1.54) is 22.1 Å². The molecule has 0 unspecified atom stereocenters. The first-order valence-corrected chi connectivity index (χ1v) is 11.0. The summed E-state index contributed by atoms with van der Waals surface area (Å²) in [7, 11) is 0. The van der Waals surface area contributed by atoms with Crippen LogP contribution in [0.5, 0.6) is 5.75 Å². The standard InChI is InChI=1S/C23H23N5O3S/c1-14(2)16-12-21(29)26-23(24-16)28-20(11-17(27-28)19-9-6-10-32-19)25-22(30)13-31-18-8-5-4-7-15(18)3/h4-12,14H,13H2,1-3H3,(H,25,30)(H,24,26,29). The zero-order valence-electron chi connectivity index (χ0n) is 18.0. The van der Waals surface area contributed by atoms with Crippen molar-refractivity contribution in [1.82, 2.24) is 19.7 Å². The van der Waals surface area contributed by atoms with Gasteiger partial charge in [0.15, 0.2) is 6.61 Å². The molecule has 0 aliphatic heterocycles. The Bertz CT molecular complexity index is 1290. The van der Waals surface area contributed by atoms with Crippen LogP contribution < -0.4 is 15.6 Å². The Morgan fingerprint density at radius 3 is 2.75 bits per heavy atom. The van der Waals surface area contributed by atoms with Gasteiger partial charge in [-0.15, -0.1) is 11.3 Å². The summed E-state index contributed by atoms with van der Waals surface area (Å²) in [5.74, 6) is 0.972. The number of anilines is 1. The highest BCUT2D eigenvalue weighted by atomic mass is 32.1. The van der Waals surface area contributed by atoms with Crippen molar-refractivity contribution in [1.29, 1.82) is 0 Å². The number of rotatable bonds is 7. The molecule has 0 atom stereocenters. The third-order valence-electron chi connectivity index (χ3n) is 4.74. The van der Waals surface area contributed by atoms with Crippen molar-refractivity contribution >= 4 is 23.1 Å². The Morgan fingerprint density at radius 2 is 2.03 bits per heavy atom. The van der Waals surface area contributed by atoms with Crippen LogP contribution in [-0.2, 0) is 4.79 Å². The summed E-state index contributed by atoms with van der Waals surface area (Å²) in [6.07, 6.45) is 0. The van der Waals surface area contributed by atoms with Crippen molar-refractivity contribution in [3.63, 3.8) is 0 Å². The Labute approximate surface area is 188 Å². The average molecular weight is 450 g/mol. The van der Waals surface area contributed by atoms with Crippen molar-refractivity contribution in [2.45, 2.75) is 26.7 Å². The highest BCUT2D eigenvalue weighted by molar-refractivity contribution is 7.13. The number of nitrogens with one attached hydrogen (secondary N) is 2. The van der Waals surface area contributed by atoms with Crippen molar-refractivity contribution < 1.29 is 9.53 Å². The maximum atomic E-state index is 12.7. The van der Waals surface area contributed by atoms with Crippen molar-refractivity contribution in [3.05, 3.63) is 75.5 Å². The molecule has 3 aromatic heterocycles. The van der Waals surface area contributed by atoms with E-state index in [4.69, 9.17) is 4.74 Å². The fourth-order valence-electron chi connectivity index (χ4n) is 3.08. The molecule has 9 heteroatoms. The first-order chi connectivity index (χ1) is 15.4. The topological polar surface area (TPSA) is 102 Å². The van der Waals surface area contributed by atoms with Crippen molar-refractivity contribution in [2.24, 2.45) is 0 Å². The number of nitrogens with zero attached hydrogens (tertiary/aromatic N) is 3. The fourth-order valence-corrected chi connectivity index (χ4v) is 3.76. The lowest BCUT2D eigenvalue weighted by molar-refractivity contribution is -0.118. The third kappa shape index (κ3) is 4.78. The van der Waals surface area contributed by atoms with E-state index in [1.807, 2.05) is 62.5 Å². The molecule has 0 fully saturated rings. The van der Waals surface area contributed by atoms with Gasteiger partial charge in [-0.1, -0.05) is 38.1 Å². The van der Waals surface area contributed by atoms with E-state index in [2.05, 4.69) is 20.4 Å². The first kappa shape index (κ1) is 21.5. The number of carbonyl (C=O) groups is 1. The van der Waals surface area contributed by atoms with Crippen LogP contribution in [0.4, 0.5) is 5.82 Å². The molecule has 164 valence electrons. The Balaban J connectivity index is 1.64. The van der Waals surface area contributed by atoms with Gasteiger partial charge in [-0.2, -0.15) is 9.78 Å². The van der Waals surface area contributed by atoms with Crippen LogP contribution in [-0.4, -0.2) is 32.3 Å². The molecule has 0 saturated heterocycles. The highest BCUT2D eigenvalue weighted by Crippen LogP contribution is 2.27. The van der Waals surface area contributed by atoms with Crippen LogP contribution in [0, 0.1) is 6.92 Å². The van der Waals surface area contributed by atoms with Gasteiger partial charge in [0, 0.05) is 12.1 Å². The van der Waals surface area contributed by atoms with Crippen molar-refractivity contribution in [3.8, 4) is 22.3 Å². The largest absolute Gasteiger partial charge is 0.483 e. The minimum Gasteiger partial charge on any atom is -0.483 e. The minimum atomic E-state index is -0.352. The lowest BCUT2D eigenvalue weighted by Gasteiger charge is -2.11. The molecule has 3 heterocycles. The van der Waals surface area contributed by atoms with Gasteiger partial charge in [-0.3, -0.25) is 14.6 Å². The summed E-state index contributed by atoms with van der Waals surface area (Å²) in [5, 5.41) is 9.36. The number of para-hydroxylation sites is 1.